The average Bonchev–Trinajstić information content (AvgIpc) is 2.66. The predicted octanol–water partition coefficient (Wildman–Crippen LogP) is 2.66. The number of likely N-dealkylation sites (tertiary alicyclic amines) is 1. The summed E-state index contributed by atoms with van der Waals surface area (Å²) >= 11 is 0. The number of guanidine groups is 1. The van der Waals surface area contributed by atoms with Crippen molar-refractivity contribution in [3.8, 4) is 5.88 Å². The minimum absolute atomic E-state index is 0.558. The lowest BCUT2D eigenvalue weighted by molar-refractivity contribution is 0.191. The summed E-state index contributed by atoms with van der Waals surface area (Å²) in [4.78, 5) is 11.5. The maximum absolute atomic E-state index is 5.58. The summed E-state index contributed by atoms with van der Waals surface area (Å²) in [7, 11) is 0. The highest BCUT2D eigenvalue weighted by atomic mass is 16.5. The lowest BCUT2D eigenvalue weighted by Gasteiger charge is -2.30. The molecule has 1 aromatic heterocycles. The first-order valence-electron chi connectivity index (χ1n) is 10.0. The lowest BCUT2D eigenvalue weighted by Crippen LogP contribution is -2.39. The van der Waals surface area contributed by atoms with E-state index >= 15 is 0 Å². The number of nitrogens with zero attached hydrogens (tertiary/aromatic N) is 3. The molecular weight excluding hydrogens is 326 g/mol. The van der Waals surface area contributed by atoms with Gasteiger partial charge in [-0.3, -0.25) is 0 Å². The molecule has 0 aliphatic carbocycles. The fraction of sp³-hybridized carbons (Fsp3) is 0.700. The zero-order valence-electron chi connectivity index (χ0n) is 16.6. The van der Waals surface area contributed by atoms with Crippen LogP contribution in [0.2, 0.25) is 0 Å². The van der Waals surface area contributed by atoms with E-state index in [1.54, 1.807) is 6.20 Å². The van der Waals surface area contributed by atoms with Gasteiger partial charge in [-0.05, 0) is 64.7 Å². The Labute approximate surface area is 158 Å². The topological polar surface area (TPSA) is 61.8 Å². The molecule has 146 valence electrons. The number of ether oxygens (including phenoxy) is 1. The standard InChI is InChI=1S/C20H35N5O/c1-4-21-20(23-12-7-13-25-14-9-17(3)10-15-25)24-16-18-8-6-11-22-19(18)26-5-2/h6,8,11,17H,4-5,7,9-10,12-16H2,1-3H3,(H2,21,23,24). The molecule has 1 aromatic rings. The number of aliphatic imine (C=N–C) groups is 1. The van der Waals surface area contributed by atoms with E-state index in [0.29, 0.717) is 19.0 Å². The first-order valence-corrected chi connectivity index (χ1v) is 10.0. The summed E-state index contributed by atoms with van der Waals surface area (Å²) in [5, 5.41) is 6.75. The second-order valence-corrected chi connectivity index (χ2v) is 6.90. The van der Waals surface area contributed by atoms with Gasteiger partial charge in [-0.25, -0.2) is 9.98 Å². The lowest BCUT2D eigenvalue weighted by atomic mass is 9.99. The second kappa shape index (κ2) is 11.7. The van der Waals surface area contributed by atoms with Gasteiger partial charge < -0.3 is 20.3 Å². The van der Waals surface area contributed by atoms with E-state index in [4.69, 9.17) is 4.74 Å². The van der Waals surface area contributed by atoms with E-state index in [2.05, 4.69) is 39.4 Å². The van der Waals surface area contributed by atoms with Crippen LogP contribution in [-0.2, 0) is 6.54 Å². The van der Waals surface area contributed by atoms with Crippen molar-refractivity contribution < 1.29 is 4.74 Å². The van der Waals surface area contributed by atoms with Crippen LogP contribution in [0.4, 0.5) is 0 Å². The van der Waals surface area contributed by atoms with Crippen molar-refractivity contribution in [2.75, 3.05) is 39.3 Å². The first kappa shape index (κ1) is 20.5. The second-order valence-electron chi connectivity index (χ2n) is 6.90. The monoisotopic (exact) mass is 361 g/mol. The summed E-state index contributed by atoms with van der Waals surface area (Å²) < 4.78 is 5.58. The molecule has 2 heterocycles. The molecule has 0 atom stereocenters. The van der Waals surface area contributed by atoms with Gasteiger partial charge in [-0.15, -0.1) is 0 Å². The molecular formula is C20H35N5O. The van der Waals surface area contributed by atoms with Crippen molar-refractivity contribution in [2.45, 2.75) is 46.6 Å². The summed E-state index contributed by atoms with van der Waals surface area (Å²) in [5.74, 6) is 2.42. The fourth-order valence-electron chi connectivity index (χ4n) is 3.11. The van der Waals surface area contributed by atoms with Crippen LogP contribution in [0.3, 0.4) is 0 Å². The molecule has 1 aliphatic rings. The minimum atomic E-state index is 0.558. The normalized spacial score (nSPS) is 16.5. The van der Waals surface area contributed by atoms with Gasteiger partial charge in [0.15, 0.2) is 5.96 Å². The van der Waals surface area contributed by atoms with Crippen molar-refractivity contribution in [2.24, 2.45) is 10.9 Å². The first-order chi connectivity index (χ1) is 12.7. The van der Waals surface area contributed by atoms with Crippen molar-refractivity contribution >= 4 is 5.96 Å². The van der Waals surface area contributed by atoms with Gasteiger partial charge >= 0.3 is 0 Å². The third-order valence-corrected chi connectivity index (χ3v) is 4.70. The van der Waals surface area contributed by atoms with Crippen LogP contribution < -0.4 is 15.4 Å². The molecule has 0 saturated carbocycles. The molecule has 0 aromatic carbocycles. The van der Waals surface area contributed by atoms with Crippen LogP contribution in [0.25, 0.3) is 0 Å². The Kier molecular flexibility index (Phi) is 9.24. The molecule has 1 aliphatic heterocycles. The molecule has 0 amide bonds. The highest BCUT2D eigenvalue weighted by Gasteiger charge is 2.14. The Morgan fingerprint density at radius 3 is 2.85 bits per heavy atom. The summed E-state index contributed by atoms with van der Waals surface area (Å²) in [6.07, 6.45) is 5.56. The number of hydrogen-bond donors (Lipinski definition) is 2. The van der Waals surface area contributed by atoms with Gasteiger partial charge in [0.2, 0.25) is 5.88 Å². The van der Waals surface area contributed by atoms with Crippen LogP contribution in [-0.4, -0.2) is 55.2 Å². The van der Waals surface area contributed by atoms with Crippen molar-refractivity contribution in [1.29, 1.82) is 0 Å². The number of hydrogen-bond acceptors (Lipinski definition) is 4. The number of nitrogens with one attached hydrogen (secondary N) is 2. The van der Waals surface area contributed by atoms with Gasteiger partial charge in [0, 0.05) is 24.8 Å². The highest BCUT2D eigenvalue weighted by molar-refractivity contribution is 5.79. The molecule has 0 spiro atoms. The molecule has 0 bridgehead atoms. The van der Waals surface area contributed by atoms with Crippen LogP contribution in [0.1, 0.15) is 45.6 Å². The smallest absolute Gasteiger partial charge is 0.218 e. The third-order valence-electron chi connectivity index (χ3n) is 4.70. The number of rotatable bonds is 9. The van der Waals surface area contributed by atoms with E-state index in [1.165, 1.54) is 25.9 Å². The van der Waals surface area contributed by atoms with E-state index in [-0.39, 0.29) is 0 Å². The summed E-state index contributed by atoms with van der Waals surface area (Å²) in [6.45, 7) is 13.0. The fourth-order valence-corrected chi connectivity index (χ4v) is 3.11. The molecule has 0 radical (unpaired) electrons. The zero-order valence-corrected chi connectivity index (χ0v) is 16.6. The number of pyridine rings is 1. The minimum Gasteiger partial charge on any atom is -0.478 e. The van der Waals surface area contributed by atoms with Crippen LogP contribution in [0.5, 0.6) is 5.88 Å². The Morgan fingerprint density at radius 2 is 2.12 bits per heavy atom. The molecule has 2 rings (SSSR count). The third kappa shape index (κ3) is 7.20. The zero-order chi connectivity index (χ0) is 18.6. The van der Waals surface area contributed by atoms with E-state index in [1.807, 2.05) is 19.1 Å². The van der Waals surface area contributed by atoms with Crippen LogP contribution in [0.15, 0.2) is 23.3 Å². The molecule has 0 unspecified atom stereocenters. The summed E-state index contributed by atoms with van der Waals surface area (Å²) in [6, 6.07) is 3.94. The van der Waals surface area contributed by atoms with Crippen LogP contribution in [0, 0.1) is 5.92 Å². The van der Waals surface area contributed by atoms with Gasteiger partial charge in [-0.1, -0.05) is 13.0 Å². The van der Waals surface area contributed by atoms with Gasteiger partial charge in [0.1, 0.15) is 0 Å². The Morgan fingerprint density at radius 1 is 1.31 bits per heavy atom. The van der Waals surface area contributed by atoms with E-state index in [9.17, 15) is 0 Å². The Bertz CT molecular complexity index is 541. The van der Waals surface area contributed by atoms with Crippen LogP contribution >= 0.6 is 0 Å². The van der Waals surface area contributed by atoms with Gasteiger partial charge in [0.25, 0.3) is 0 Å². The molecule has 2 N–H and O–H groups in total. The number of piperidine rings is 1. The van der Waals surface area contributed by atoms with Gasteiger partial charge in [0.05, 0.1) is 13.2 Å². The maximum atomic E-state index is 5.58. The molecule has 6 nitrogen and oxygen atoms in total. The maximum Gasteiger partial charge on any atom is 0.218 e. The molecule has 26 heavy (non-hydrogen) atoms. The number of aromatic nitrogens is 1. The molecule has 1 saturated heterocycles. The average molecular weight is 362 g/mol. The van der Waals surface area contributed by atoms with Gasteiger partial charge in [-0.2, -0.15) is 0 Å². The largest absolute Gasteiger partial charge is 0.478 e. The molecule has 6 heteroatoms. The summed E-state index contributed by atoms with van der Waals surface area (Å²) in [5.41, 5.74) is 1.01. The Balaban J connectivity index is 1.77. The predicted molar refractivity (Wildman–Crippen MR) is 108 cm³/mol. The Hall–Kier alpha value is -1.82. The SMILES string of the molecule is CCNC(=NCc1cccnc1OCC)NCCCN1CCC(C)CC1. The quantitative estimate of drug-likeness (QED) is 0.402. The van der Waals surface area contributed by atoms with Crippen molar-refractivity contribution in [1.82, 2.24) is 20.5 Å². The molecule has 1 fully saturated rings. The van der Waals surface area contributed by atoms with E-state index in [0.717, 1.165) is 43.5 Å². The van der Waals surface area contributed by atoms with Crippen molar-refractivity contribution in [3.05, 3.63) is 23.9 Å². The van der Waals surface area contributed by atoms with E-state index < -0.39 is 0 Å². The van der Waals surface area contributed by atoms with Crippen molar-refractivity contribution in [3.63, 3.8) is 0 Å². The highest BCUT2D eigenvalue weighted by Crippen LogP contribution is 2.16.